The third kappa shape index (κ3) is 4.45. The predicted octanol–water partition coefficient (Wildman–Crippen LogP) is 3.42. The van der Waals surface area contributed by atoms with E-state index in [-0.39, 0.29) is 17.7 Å². The first kappa shape index (κ1) is 19.8. The van der Waals surface area contributed by atoms with Crippen LogP contribution in [0.25, 0.3) is 11.4 Å². The van der Waals surface area contributed by atoms with Gasteiger partial charge in [0, 0.05) is 17.8 Å². The molecule has 3 rings (SSSR count). The minimum atomic E-state index is -0.641. The molecule has 7 nitrogen and oxygen atoms in total. The lowest BCUT2D eigenvalue weighted by Gasteiger charge is -2.21. The molecule has 0 aliphatic rings. The molecule has 3 aromatic rings. The minimum absolute atomic E-state index is 0.0599. The lowest BCUT2D eigenvalue weighted by atomic mass is 10.0. The Kier molecular flexibility index (Phi) is 6.20. The summed E-state index contributed by atoms with van der Waals surface area (Å²) in [6, 6.07) is 10.3. The van der Waals surface area contributed by atoms with Crippen LogP contribution in [0.4, 0.5) is 5.69 Å². The molecule has 1 unspecified atom stereocenters. The third-order valence-electron chi connectivity index (χ3n) is 4.33. The standard InChI is InChI=1S/C20H23N5O2S/c1-4-25-12-21-24-18(25)14-7-5-8-15(11-14)22-20(27)17(13(2)3)23-19(26)16-9-6-10-28-16/h5-13,17H,4H2,1-3H3,(H,22,27)(H,23,26). The van der Waals surface area contributed by atoms with Gasteiger partial charge in [0.1, 0.15) is 12.4 Å². The van der Waals surface area contributed by atoms with Crippen LogP contribution >= 0.6 is 11.3 Å². The molecule has 28 heavy (non-hydrogen) atoms. The normalized spacial score (nSPS) is 12.0. The van der Waals surface area contributed by atoms with Gasteiger partial charge in [0.05, 0.1) is 4.88 Å². The Bertz CT molecular complexity index is 949. The average Bonchev–Trinajstić information content (AvgIpc) is 3.37. The molecule has 0 bridgehead atoms. The summed E-state index contributed by atoms with van der Waals surface area (Å²) in [6.45, 7) is 6.57. The number of carbonyl (C=O) groups is 2. The molecule has 8 heteroatoms. The third-order valence-corrected chi connectivity index (χ3v) is 5.19. The summed E-state index contributed by atoms with van der Waals surface area (Å²) < 4.78 is 1.93. The topological polar surface area (TPSA) is 88.9 Å². The zero-order chi connectivity index (χ0) is 20.1. The minimum Gasteiger partial charge on any atom is -0.339 e. The Balaban J connectivity index is 1.75. The van der Waals surface area contributed by atoms with Crippen molar-refractivity contribution in [3.8, 4) is 11.4 Å². The second-order valence-corrected chi connectivity index (χ2v) is 7.63. The van der Waals surface area contributed by atoms with E-state index in [2.05, 4.69) is 20.8 Å². The molecule has 0 spiro atoms. The monoisotopic (exact) mass is 397 g/mol. The van der Waals surface area contributed by atoms with Crippen LogP contribution in [0.5, 0.6) is 0 Å². The van der Waals surface area contributed by atoms with Crippen molar-refractivity contribution in [1.82, 2.24) is 20.1 Å². The zero-order valence-corrected chi connectivity index (χ0v) is 16.9. The van der Waals surface area contributed by atoms with Crippen LogP contribution in [0.3, 0.4) is 0 Å². The number of benzene rings is 1. The maximum atomic E-state index is 12.8. The Labute approximate surface area is 167 Å². The molecule has 0 radical (unpaired) electrons. The molecule has 0 saturated heterocycles. The van der Waals surface area contributed by atoms with Gasteiger partial charge in [-0.1, -0.05) is 32.0 Å². The molecule has 0 fully saturated rings. The highest BCUT2D eigenvalue weighted by Crippen LogP contribution is 2.21. The van der Waals surface area contributed by atoms with E-state index in [0.29, 0.717) is 10.6 Å². The van der Waals surface area contributed by atoms with Crippen molar-refractivity contribution in [3.05, 3.63) is 53.0 Å². The first-order valence-electron chi connectivity index (χ1n) is 9.13. The first-order chi connectivity index (χ1) is 13.5. The second kappa shape index (κ2) is 8.79. The van der Waals surface area contributed by atoms with Crippen molar-refractivity contribution >= 4 is 28.8 Å². The van der Waals surface area contributed by atoms with Gasteiger partial charge < -0.3 is 15.2 Å². The summed E-state index contributed by atoms with van der Waals surface area (Å²) in [5, 5.41) is 15.7. The maximum Gasteiger partial charge on any atom is 0.262 e. The number of hydrogen-bond donors (Lipinski definition) is 2. The van der Waals surface area contributed by atoms with Crippen molar-refractivity contribution in [2.75, 3.05) is 5.32 Å². The largest absolute Gasteiger partial charge is 0.339 e. The molecule has 1 atom stereocenters. The molecule has 2 N–H and O–H groups in total. The van der Waals surface area contributed by atoms with Crippen LogP contribution in [0.15, 0.2) is 48.1 Å². The van der Waals surface area contributed by atoms with E-state index in [1.54, 1.807) is 12.4 Å². The highest BCUT2D eigenvalue weighted by Gasteiger charge is 2.25. The molecule has 2 amide bonds. The van der Waals surface area contributed by atoms with Gasteiger partial charge >= 0.3 is 0 Å². The molecule has 146 valence electrons. The SMILES string of the molecule is CCn1cnnc1-c1cccc(NC(=O)C(NC(=O)c2cccs2)C(C)C)c1. The molecular weight excluding hydrogens is 374 g/mol. The van der Waals surface area contributed by atoms with Gasteiger partial charge in [0.2, 0.25) is 5.91 Å². The number of thiophene rings is 1. The van der Waals surface area contributed by atoms with Crippen LogP contribution in [0.1, 0.15) is 30.4 Å². The number of aromatic nitrogens is 3. The van der Waals surface area contributed by atoms with Gasteiger partial charge in [-0.3, -0.25) is 9.59 Å². The van der Waals surface area contributed by atoms with Gasteiger partial charge in [0.25, 0.3) is 5.91 Å². The zero-order valence-electron chi connectivity index (χ0n) is 16.0. The number of hydrogen-bond acceptors (Lipinski definition) is 5. The highest BCUT2D eigenvalue weighted by molar-refractivity contribution is 7.12. The quantitative estimate of drug-likeness (QED) is 0.639. The van der Waals surface area contributed by atoms with Crippen molar-refractivity contribution in [1.29, 1.82) is 0 Å². The van der Waals surface area contributed by atoms with Gasteiger partial charge in [-0.15, -0.1) is 21.5 Å². The number of rotatable bonds is 7. The fourth-order valence-electron chi connectivity index (χ4n) is 2.82. The summed E-state index contributed by atoms with van der Waals surface area (Å²) in [5.74, 6) is 0.183. The summed E-state index contributed by atoms with van der Waals surface area (Å²) >= 11 is 1.35. The van der Waals surface area contributed by atoms with Crippen molar-refractivity contribution in [2.45, 2.75) is 33.4 Å². The van der Waals surface area contributed by atoms with E-state index in [9.17, 15) is 9.59 Å². The molecule has 1 aromatic carbocycles. The van der Waals surface area contributed by atoms with Gasteiger partial charge in [-0.05, 0) is 36.4 Å². The van der Waals surface area contributed by atoms with E-state index >= 15 is 0 Å². The van der Waals surface area contributed by atoms with Crippen LogP contribution in [-0.2, 0) is 11.3 Å². The Morgan fingerprint density at radius 1 is 1.21 bits per heavy atom. The van der Waals surface area contributed by atoms with E-state index < -0.39 is 6.04 Å². The smallest absolute Gasteiger partial charge is 0.262 e. The molecule has 0 aliphatic heterocycles. The van der Waals surface area contributed by atoms with Crippen LogP contribution in [-0.4, -0.2) is 32.6 Å². The predicted molar refractivity (Wildman–Crippen MR) is 110 cm³/mol. The van der Waals surface area contributed by atoms with Crippen LogP contribution in [0, 0.1) is 5.92 Å². The van der Waals surface area contributed by atoms with Crippen LogP contribution < -0.4 is 10.6 Å². The van der Waals surface area contributed by atoms with Crippen molar-refractivity contribution in [2.24, 2.45) is 5.92 Å². The van der Waals surface area contributed by atoms with E-state index in [0.717, 1.165) is 17.9 Å². The maximum absolute atomic E-state index is 12.8. The van der Waals surface area contributed by atoms with Crippen molar-refractivity contribution in [3.63, 3.8) is 0 Å². The first-order valence-corrected chi connectivity index (χ1v) is 10.0. The van der Waals surface area contributed by atoms with E-state index in [1.807, 2.05) is 61.1 Å². The van der Waals surface area contributed by atoms with Gasteiger partial charge in [-0.25, -0.2) is 0 Å². The molecule has 0 saturated carbocycles. The summed E-state index contributed by atoms with van der Waals surface area (Å²) in [7, 11) is 0. The molecule has 2 heterocycles. The highest BCUT2D eigenvalue weighted by atomic mass is 32.1. The Hall–Kier alpha value is -3.00. The van der Waals surface area contributed by atoms with Gasteiger partial charge in [-0.2, -0.15) is 0 Å². The number of amides is 2. The fourth-order valence-corrected chi connectivity index (χ4v) is 3.45. The number of carbonyl (C=O) groups excluding carboxylic acids is 2. The fraction of sp³-hybridized carbons (Fsp3) is 0.300. The number of aryl methyl sites for hydroxylation is 1. The molecular formula is C20H23N5O2S. The summed E-state index contributed by atoms with van der Waals surface area (Å²) in [4.78, 5) is 25.8. The number of anilines is 1. The van der Waals surface area contributed by atoms with E-state index in [1.165, 1.54) is 11.3 Å². The molecule has 0 aliphatic carbocycles. The van der Waals surface area contributed by atoms with Crippen molar-refractivity contribution < 1.29 is 9.59 Å². The number of nitrogens with zero attached hydrogens (tertiary/aromatic N) is 3. The Morgan fingerprint density at radius 3 is 2.71 bits per heavy atom. The Morgan fingerprint density at radius 2 is 2.04 bits per heavy atom. The number of nitrogens with one attached hydrogen (secondary N) is 2. The lowest BCUT2D eigenvalue weighted by Crippen LogP contribution is -2.46. The lowest BCUT2D eigenvalue weighted by molar-refractivity contribution is -0.118. The van der Waals surface area contributed by atoms with Gasteiger partial charge in [0.15, 0.2) is 5.82 Å². The van der Waals surface area contributed by atoms with Crippen LogP contribution in [0.2, 0.25) is 0 Å². The summed E-state index contributed by atoms with van der Waals surface area (Å²) in [6.07, 6.45) is 1.68. The molecule has 2 aromatic heterocycles. The average molecular weight is 398 g/mol. The summed E-state index contributed by atoms with van der Waals surface area (Å²) in [5.41, 5.74) is 1.50. The van der Waals surface area contributed by atoms with E-state index in [4.69, 9.17) is 0 Å². The second-order valence-electron chi connectivity index (χ2n) is 6.68.